The van der Waals surface area contributed by atoms with E-state index in [-0.39, 0.29) is 11.3 Å². The molecule has 0 radical (unpaired) electrons. The summed E-state index contributed by atoms with van der Waals surface area (Å²) in [5, 5.41) is 11.6. The second-order valence-corrected chi connectivity index (χ2v) is 8.56. The number of carbonyl (C=O) groups is 2. The number of benzene rings is 2. The van der Waals surface area contributed by atoms with E-state index in [1.807, 2.05) is 6.92 Å². The molecule has 1 unspecified atom stereocenters. The van der Waals surface area contributed by atoms with Crippen LogP contribution in [0.4, 0.5) is 5.69 Å². The van der Waals surface area contributed by atoms with Gasteiger partial charge in [-0.1, -0.05) is 39.7 Å². The van der Waals surface area contributed by atoms with Gasteiger partial charge in [-0.25, -0.2) is 0 Å². The van der Waals surface area contributed by atoms with Gasteiger partial charge in [0.2, 0.25) is 0 Å². The second kappa shape index (κ2) is 8.29. The highest BCUT2D eigenvalue weighted by Crippen LogP contribution is 2.44. The number of rotatable bonds is 3. The van der Waals surface area contributed by atoms with Crippen molar-refractivity contribution in [2.24, 2.45) is 0 Å². The summed E-state index contributed by atoms with van der Waals surface area (Å²) in [6, 6.07) is 13.1. The van der Waals surface area contributed by atoms with Crippen molar-refractivity contribution >= 4 is 50.7 Å². The topological polar surface area (TPSA) is 70.5 Å². The minimum atomic E-state index is -0.816. The summed E-state index contributed by atoms with van der Waals surface area (Å²) < 4.78 is 0.879. The Hall–Kier alpha value is -2.96. The summed E-state index contributed by atoms with van der Waals surface area (Å²) in [7, 11) is 0. The minimum absolute atomic E-state index is 0.0253. The molecule has 1 N–H and O–H groups in total. The van der Waals surface area contributed by atoms with Crippen molar-refractivity contribution in [3.63, 3.8) is 0 Å². The van der Waals surface area contributed by atoms with Crippen LogP contribution in [0, 0.1) is 13.8 Å². The molecule has 2 heterocycles. The highest BCUT2D eigenvalue weighted by atomic mass is 79.9. The molecular formula is C24H18BrClN2O3. The number of carbonyl (C=O) groups excluding carboxylic acids is 2. The molecule has 0 aliphatic carbocycles. The van der Waals surface area contributed by atoms with Crippen LogP contribution in [0.1, 0.15) is 28.3 Å². The molecule has 5 nitrogen and oxygen atoms in total. The predicted octanol–water partition coefficient (Wildman–Crippen LogP) is 5.74. The molecule has 1 aromatic heterocycles. The molecule has 7 heteroatoms. The van der Waals surface area contributed by atoms with Crippen molar-refractivity contribution in [3.8, 4) is 0 Å². The molecule has 1 aliphatic heterocycles. The molecule has 4 rings (SSSR count). The first-order valence-electron chi connectivity index (χ1n) is 9.54. The first-order valence-corrected chi connectivity index (χ1v) is 10.7. The first-order chi connectivity index (χ1) is 14.8. The number of aromatic nitrogens is 1. The molecule has 1 fully saturated rings. The number of Topliss-reactive ketones (excluding diaryl/α,β-unsaturated/α-hetero) is 1. The van der Waals surface area contributed by atoms with E-state index in [1.165, 1.54) is 4.90 Å². The van der Waals surface area contributed by atoms with E-state index in [0.29, 0.717) is 27.4 Å². The number of pyridine rings is 1. The molecule has 2 aromatic carbocycles. The number of halogens is 2. The number of aliphatic hydroxyl groups excluding tert-OH is 1. The zero-order valence-corrected chi connectivity index (χ0v) is 19.1. The van der Waals surface area contributed by atoms with Crippen molar-refractivity contribution in [2.75, 3.05) is 4.90 Å². The van der Waals surface area contributed by atoms with Crippen LogP contribution in [0.2, 0.25) is 5.02 Å². The lowest BCUT2D eigenvalue weighted by Crippen LogP contribution is -2.30. The molecule has 1 aliphatic rings. The van der Waals surface area contributed by atoms with E-state index < -0.39 is 17.7 Å². The van der Waals surface area contributed by atoms with E-state index in [1.54, 1.807) is 67.8 Å². The van der Waals surface area contributed by atoms with Crippen molar-refractivity contribution < 1.29 is 14.7 Å². The van der Waals surface area contributed by atoms with E-state index in [0.717, 1.165) is 10.0 Å². The lowest BCUT2D eigenvalue weighted by atomic mass is 9.95. The zero-order valence-electron chi connectivity index (χ0n) is 16.8. The van der Waals surface area contributed by atoms with Crippen LogP contribution in [0.5, 0.6) is 0 Å². The van der Waals surface area contributed by atoms with E-state index in [9.17, 15) is 14.7 Å². The van der Waals surface area contributed by atoms with E-state index in [2.05, 4.69) is 20.9 Å². The van der Waals surface area contributed by atoms with Crippen LogP contribution in [0.15, 0.2) is 71.0 Å². The Bertz CT molecular complexity index is 1240. The maximum Gasteiger partial charge on any atom is 0.300 e. The maximum atomic E-state index is 13.2. The third-order valence-electron chi connectivity index (χ3n) is 5.40. The summed E-state index contributed by atoms with van der Waals surface area (Å²) in [6.45, 7) is 3.67. The number of hydrogen-bond donors (Lipinski definition) is 1. The van der Waals surface area contributed by atoms with Gasteiger partial charge in [-0.15, -0.1) is 0 Å². The molecule has 1 atom stereocenters. The number of hydrogen-bond acceptors (Lipinski definition) is 4. The third-order valence-corrected chi connectivity index (χ3v) is 6.70. The van der Waals surface area contributed by atoms with Crippen LogP contribution >= 0.6 is 27.5 Å². The van der Waals surface area contributed by atoms with Gasteiger partial charge in [0.1, 0.15) is 5.76 Å². The molecule has 0 saturated carbocycles. The zero-order chi connectivity index (χ0) is 22.3. The lowest BCUT2D eigenvalue weighted by Gasteiger charge is -2.27. The number of anilines is 1. The largest absolute Gasteiger partial charge is 0.507 e. The van der Waals surface area contributed by atoms with Crippen molar-refractivity contribution in [1.82, 2.24) is 4.98 Å². The minimum Gasteiger partial charge on any atom is -0.507 e. The quantitative estimate of drug-likeness (QED) is 0.284. The average Bonchev–Trinajstić information content (AvgIpc) is 3.03. The van der Waals surface area contributed by atoms with Gasteiger partial charge in [0, 0.05) is 33.1 Å². The number of aryl methyl sites for hydroxylation is 1. The van der Waals surface area contributed by atoms with Crippen molar-refractivity contribution in [1.29, 1.82) is 0 Å². The maximum absolute atomic E-state index is 13.2. The van der Waals surface area contributed by atoms with Gasteiger partial charge in [-0.3, -0.25) is 19.5 Å². The standard InChI is InChI=1S/C24H18BrClN2O3/c1-13-12-16(6-7-17(13)25)22(29)20-21(15-8-10-27-11-9-15)28(24(31)23(20)30)19-5-3-4-18(26)14(19)2/h3-12,21,29H,1-2H3/b22-20+. The van der Waals surface area contributed by atoms with Gasteiger partial charge < -0.3 is 5.11 Å². The van der Waals surface area contributed by atoms with Gasteiger partial charge in [-0.2, -0.15) is 0 Å². The number of ketones is 1. The SMILES string of the molecule is Cc1cc(/C(O)=C2\C(=O)C(=O)N(c3cccc(Cl)c3C)C2c2ccncc2)ccc1Br. The third kappa shape index (κ3) is 3.66. The highest BCUT2D eigenvalue weighted by Gasteiger charge is 2.47. The molecule has 0 spiro atoms. The highest BCUT2D eigenvalue weighted by molar-refractivity contribution is 9.10. The van der Waals surface area contributed by atoms with Crippen molar-refractivity contribution in [3.05, 3.63) is 98.2 Å². The van der Waals surface area contributed by atoms with Crippen LogP contribution in [-0.2, 0) is 9.59 Å². The summed E-state index contributed by atoms with van der Waals surface area (Å²) in [5.74, 6) is -1.69. The van der Waals surface area contributed by atoms with Crippen LogP contribution < -0.4 is 4.90 Å². The van der Waals surface area contributed by atoms with Gasteiger partial charge in [0.15, 0.2) is 0 Å². The Morgan fingerprint density at radius 3 is 2.48 bits per heavy atom. The van der Waals surface area contributed by atoms with Gasteiger partial charge >= 0.3 is 0 Å². The van der Waals surface area contributed by atoms with Gasteiger partial charge in [0.05, 0.1) is 11.6 Å². The molecule has 1 saturated heterocycles. The van der Waals surface area contributed by atoms with Crippen LogP contribution in [-0.4, -0.2) is 21.8 Å². The summed E-state index contributed by atoms with van der Waals surface area (Å²) in [4.78, 5) is 31.8. The normalized spacial score (nSPS) is 17.9. The molecule has 31 heavy (non-hydrogen) atoms. The first kappa shape index (κ1) is 21.3. The molecule has 1 amide bonds. The molecular weight excluding hydrogens is 480 g/mol. The fourth-order valence-corrected chi connectivity index (χ4v) is 4.16. The monoisotopic (exact) mass is 496 g/mol. The average molecular weight is 498 g/mol. The second-order valence-electron chi connectivity index (χ2n) is 7.30. The molecule has 3 aromatic rings. The van der Waals surface area contributed by atoms with Crippen molar-refractivity contribution in [2.45, 2.75) is 19.9 Å². The van der Waals surface area contributed by atoms with E-state index >= 15 is 0 Å². The Morgan fingerprint density at radius 2 is 1.81 bits per heavy atom. The van der Waals surface area contributed by atoms with Gasteiger partial charge in [-0.05, 0) is 66.9 Å². The summed E-state index contributed by atoms with van der Waals surface area (Å²) in [6.07, 6.45) is 3.17. The summed E-state index contributed by atoms with van der Waals surface area (Å²) in [5.41, 5.74) is 3.22. The smallest absolute Gasteiger partial charge is 0.300 e. The predicted molar refractivity (Wildman–Crippen MR) is 124 cm³/mol. The van der Waals surface area contributed by atoms with Gasteiger partial charge in [0.25, 0.3) is 11.7 Å². The summed E-state index contributed by atoms with van der Waals surface area (Å²) >= 11 is 9.74. The van der Waals surface area contributed by atoms with E-state index in [4.69, 9.17) is 11.6 Å². The Kier molecular flexibility index (Phi) is 5.69. The number of aliphatic hydroxyl groups is 1. The Morgan fingerprint density at radius 1 is 1.10 bits per heavy atom. The fraction of sp³-hybridized carbons (Fsp3) is 0.125. The van der Waals surface area contributed by atoms with Crippen LogP contribution in [0.3, 0.4) is 0 Å². The molecule has 156 valence electrons. The Labute approximate surface area is 193 Å². The number of amides is 1. The fourth-order valence-electron chi connectivity index (χ4n) is 3.75. The lowest BCUT2D eigenvalue weighted by molar-refractivity contribution is -0.132. The molecule has 0 bridgehead atoms. The van der Waals surface area contributed by atoms with Crippen LogP contribution in [0.25, 0.3) is 5.76 Å². The Balaban J connectivity index is 1.98. The number of nitrogens with zero attached hydrogens (tertiary/aromatic N) is 2.